The van der Waals surface area contributed by atoms with Gasteiger partial charge >= 0.3 is 0 Å². The van der Waals surface area contributed by atoms with Gasteiger partial charge in [-0.15, -0.1) is 0 Å². The van der Waals surface area contributed by atoms with Crippen molar-refractivity contribution >= 4 is 28.3 Å². The van der Waals surface area contributed by atoms with E-state index in [1.165, 1.54) is 0 Å². The molecule has 0 saturated heterocycles. The van der Waals surface area contributed by atoms with Crippen LogP contribution in [0.2, 0.25) is 5.02 Å². The molecule has 1 aliphatic heterocycles. The molecule has 0 aromatic heterocycles. The fourth-order valence-corrected chi connectivity index (χ4v) is 5.10. The Labute approximate surface area is 186 Å². The highest BCUT2D eigenvalue weighted by Crippen LogP contribution is 2.52. The Hall–Kier alpha value is -2.40. The zero-order valence-corrected chi connectivity index (χ0v) is 18.6. The van der Waals surface area contributed by atoms with Crippen molar-refractivity contribution in [1.29, 1.82) is 0 Å². The Bertz CT molecular complexity index is 1090. The van der Waals surface area contributed by atoms with Gasteiger partial charge in [0.25, 0.3) is 0 Å². The Balaban J connectivity index is 1.92. The van der Waals surface area contributed by atoms with Gasteiger partial charge in [0.05, 0.1) is 7.11 Å². The molecule has 3 aromatic carbocycles. The molecule has 3 nitrogen and oxygen atoms in total. The second-order valence-corrected chi connectivity index (χ2v) is 9.07. The van der Waals surface area contributed by atoms with Gasteiger partial charge < -0.3 is 14.6 Å². The molecule has 30 heavy (non-hydrogen) atoms. The third-order valence-corrected chi connectivity index (χ3v) is 6.53. The Morgan fingerprint density at radius 1 is 0.967 bits per heavy atom. The van der Waals surface area contributed by atoms with Gasteiger partial charge in [0.2, 0.25) is 0 Å². The highest BCUT2D eigenvalue weighted by Gasteiger charge is 2.40. The van der Waals surface area contributed by atoms with Crippen molar-refractivity contribution < 1.29 is 14.6 Å². The minimum Gasteiger partial charge on any atom is -0.496 e. The monoisotopic (exact) mass is 438 g/mol. The van der Waals surface area contributed by atoms with Crippen LogP contribution in [0.15, 0.2) is 83.3 Å². The highest BCUT2D eigenvalue weighted by molar-refractivity contribution is 8.08. The summed E-state index contributed by atoms with van der Waals surface area (Å²) in [4.78, 5) is 2.01. The normalized spacial score (nSPS) is 15.9. The molecule has 0 saturated carbocycles. The zero-order chi connectivity index (χ0) is 21.3. The number of hydrogen-bond donors (Lipinski definition) is 1. The molecule has 0 bridgehead atoms. The predicted molar refractivity (Wildman–Crippen MR) is 123 cm³/mol. The van der Waals surface area contributed by atoms with Gasteiger partial charge in [-0.3, -0.25) is 0 Å². The molecule has 3 aromatic rings. The molecule has 1 unspecified atom stereocenters. The van der Waals surface area contributed by atoms with Gasteiger partial charge in [-0.2, -0.15) is 0 Å². The van der Waals surface area contributed by atoms with Crippen molar-refractivity contribution in [3.8, 4) is 11.5 Å². The van der Waals surface area contributed by atoms with Gasteiger partial charge in [-0.25, -0.2) is 0 Å². The number of benzene rings is 3. The number of thioether (sulfide) groups is 1. The van der Waals surface area contributed by atoms with Crippen molar-refractivity contribution in [2.24, 2.45) is 0 Å². The molecular formula is C25H23ClO3S. The molecule has 1 heterocycles. The van der Waals surface area contributed by atoms with Gasteiger partial charge in [0.15, 0.2) is 0 Å². The lowest BCUT2D eigenvalue weighted by molar-refractivity contribution is 0.0980. The van der Waals surface area contributed by atoms with E-state index >= 15 is 0 Å². The van der Waals surface area contributed by atoms with Gasteiger partial charge in [-0.1, -0.05) is 59.8 Å². The number of aliphatic hydroxyl groups is 1. The maximum absolute atomic E-state index is 11.6. The lowest BCUT2D eigenvalue weighted by Crippen LogP contribution is -2.37. The first kappa shape index (κ1) is 20.9. The fraction of sp³-hybridized carbons (Fsp3) is 0.200. The summed E-state index contributed by atoms with van der Waals surface area (Å²) in [5, 5.41) is 12.2. The van der Waals surface area contributed by atoms with Crippen molar-refractivity contribution in [2.45, 2.75) is 30.4 Å². The van der Waals surface area contributed by atoms with Crippen LogP contribution in [0.25, 0.3) is 4.91 Å². The van der Waals surface area contributed by atoms with E-state index in [9.17, 15) is 5.11 Å². The lowest BCUT2D eigenvalue weighted by atomic mass is 9.85. The van der Waals surface area contributed by atoms with Crippen molar-refractivity contribution in [3.63, 3.8) is 0 Å². The summed E-state index contributed by atoms with van der Waals surface area (Å²) < 4.78 is 11.9. The summed E-state index contributed by atoms with van der Waals surface area (Å²) in [6.45, 7) is 3.97. The van der Waals surface area contributed by atoms with Crippen molar-refractivity contribution in [1.82, 2.24) is 0 Å². The third-order valence-electron chi connectivity index (χ3n) is 5.13. The van der Waals surface area contributed by atoms with Crippen LogP contribution in [0.4, 0.5) is 0 Å². The summed E-state index contributed by atoms with van der Waals surface area (Å²) in [5.41, 5.74) is 1.75. The fourth-order valence-electron chi connectivity index (χ4n) is 3.72. The molecule has 1 atom stereocenters. The first-order valence-corrected chi connectivity index (χ1v) is 10.9. The molecule has 5 heteroatoms. The smallest absolute Gasteiger partial charge is 0.129 e. The second-order valence-electron chi connectivity index (χ2n) is 7.55. The largest absolute Gasteiger partial charge is 0.496 e. The Kier molecular flexibility index (Phi) is 5.83. The molecule has 0 fully saturated rings. The van der Waals surface area contributed by atoms with E-state index in [4.69, 9.17) is 21.1 Å². The maximum atomic E-state index is 11.6. The summed E-state index contributed by atoms with van der Waals surface area (Å²) in [7, 11) is 1.61. The van der Waals surface area contributed by atoms with E-state index in [1.54, 1.807) is 18.9 Å². The van der Waals surface area contributed by atoms with Crippen LogP contribution in [-0.2, 0) is 0 Å². The van der Waals surface area contributed by atoms with Crippen LogP contribution >= 0.6 is 23.4 Å². The maximum Gasteiger partial charge on any atom is 0.129 e. The topological polar surface area (TPSA) is 38.7 Å². The average molecular weight is 439 g/mol. The number of methoxy groups -OCH3 is 1. The summed E-state index contributed by atoms with van der Waals surface area (Å²) >= 11 is 7.68. The summed E-state index contributed by atoms with van der Waals surface area (Å²) in [6.07, 6.45) is -0.890. The first-order valence-electron chi connectivity index (χ1n) is 9.68. The molecular weight excluding hydrogens is 416 g/mol. The minimum absolute atomic E-state index is 0.642. The summed E-state index contributed by atoms with van der Waals surface area (Å²) in [5.74, 6) is 1.44. The van der Waals surface area contributed by atoms with E-state index in [0.29, 0.717) is 16.3 Å². The number of aliphatic hydroxyl groups excluding tert-OH is 1. The summed E-state index contributed by atoms with van der Waals surface area (Å²) in [6, 6.07) is 23.2. The van der Waals surface area contributed by atoms with Crippen LogP contribution in [-0.4, -0.2) is 17.8 Å². The van der Waals surface area contributed by atoms with Crippen LogP contribution in [0.1, 0.15) is 31.1 Å². The number of para-hydroxylation sites is 2. The molecule has 4 rings (SSSR count). The third kappa shape index (κ3) is 3.95. The zero-order valence-electron chi connectivity index (χ0n) is 17.1. The van der Waals surface area contributed by atoms with Crippen LogP contribution in [0, 0.1) is 0 Å². The van der Waals surface area contributed by atoms with Gasteiger partial charge in [0, 0.05) is 31.5 Å². The molecule has 0 radical (unpaired) electrons. The van der Waals surface area contributed by atoms with E-state index in [2.05, 4.69) is 0 Å². The molecule has 1 N–H and O–H groups in total. The minimum atomic E-state index is -0.890. The number of hydrogen-bond acceptors (Lipinski definition) is 4. The van der Waals surface area contributed by atoms with Crippen LogP contribution < -0.4 is 9.47 Å². The molecule has 0 amide bonds. The quantitative estimate of drug-likeness (QED) is 0.477. The number of rotatable bonds is 5. The standard InChI is InChI=1S/C25H23ClO3S/c1-25(2)22(23(27)18-8-4-6-10-20(18)28-3)24(19-9-5-7-11-21(19)29-25)30-17-14-12-16(26)13-15-17/h4-15,23,27H,1-3H3. The van der Waals surface area contributed by atoms with E-state index < -0.39 is 11.7 Å². The number of fused-ring (bicyclic) bond motifs is 1. The average Bonchev–Trinajstić information content (AvgIpc) is 2.74. The molecule has 0 spiro atoms. The van der Waals surface area contributed by atoms with Crippen LogP contribution in [0.3, 0.4) is 0 Å². The SMILES string of the molecule is COc1ccccc1C(O)C1=C(Sc2ccc(Cl)cc2)c2ccccc2OC1(C)C. The second kappa shape index (κ2) is 8.38. The van der Waals surface area contributed by atoms with Gasteiger partial charge in [-0.05, 0) is 50.2 Å². The Morgan fingerprint density at radius 3 is 2.37 bits per heavy atom. The number of ether oxygens (including phenoxy) is 2. The Morgan fingerprint density at radius 2 is 1.63 bits per heavy atom. The van der Waals surface area contributed by atoms with Crippen molar-refractivity contribution in [3.05, 3.63) is 94.5 Å². The highest BCUT2D eigenvalue weighted by atomic mass is 35.5. The molecule has 154 valence electrons. The van der Waals surface area contributed by atoms with Crippen molar-refractivity contribution in [2.75, 3.05) is 7.11 Å². The predicted octanol–water partition coefficient (Wildman–Crippen LogP) is 6.76. The first-order chi connectivity index (χ1) is 14.4. The van der Waals surface area contributed by atoms with E-state index in [0.717, 1.165) is 26.7 Å². The lowest BCUT2D eigenvalue weighted by Gasteiger charge is -2.39. The molecule has 1 aliphatic rings. The van der Waals surface area contributed by atoms with Crippen LogP contribution in [0.5, 0.6) is 11.5 Å². The number of halogens is 1. The molecule has 0 aliphatic carbocycles. The van der Waals surface area contributed by atoms with E-state index in [1.807, 2.05) is 86.6 Å². The van der Waals surface area contributed by atoms with Gasteiger partial charge in [0.1, 0.15) is 23.2 Å². The van der Waals surface area contributed by atoms with E-state index in [-0.39, 0.29) is 0 Å².